The van der Waals surface area contributed by atoms with E-state index in [0.717, 1.165) is 17.4 Å². The summed E-state index contributed by atoms with van der Waals surface area (Å²) in [6.07, 6.45) is 0. The Kier molecular flexibility index (Phi) is 5.48. The zero-order chi connectivity index (χ0) is 16.4. The first-order chi connectivity index (χ1) is 9.54. The van der Waals surface area contributed by atoms with Gasteiger partial charge in [-0.2, -0.15) is 4.72 Å². The summed E-state index contributed by atoms with van der Waals surface area (Å²) < 4.78 is 26.7. The zero-order valence-corrected chi connectivity index (χ0v) is 13.8. The van der Waals surface area contributed by atoms with Crippen LogP contribution in [0, 0.1) is 6.92 Å². The molecule has 21 heavy (non-hydrogen) atoms. The molecule has 1 heterocycles. The van der Waals surface area contributed by atoms with Crippen molar-refractivity contribution in [1.82, 2.24) is 10.0 Å². The Hall–Kier alpha value is -1.45. The lowest BCUT2D eigenvalue weighted by molar-refractivity contribution is -0.122. The van der Waals surface area contributed by atoms with Crippen molar-refractivity contribution < 1.29 is 23.1 Å². The Balaban J connectivity index is 2.96. The number of carbonyl (C=O) groups excluding carboxylic acids is 1. The summed E-state index contributed by atoms with van der Waals surface area (Å²) in [6, 6.07) is 0.0357. The lowest BCUT2D eigenvalue weighted by Crippen LogP contribution is -2.46. The minimum atomic E-state index is -3.95. The molecule has 1 aromatic rings. The molecule has 3 N–H and O–H groups in total. The molecular weight excluding hydrogens is 316 g/mol. The van der Waals surface area contributed by atoms with Crippen LogP contribution >= 0.6 is 11.3 Å². The van der Waals surface area contributed by atoms with Crippen LogP contribution in [0.4, 0.5) is 0 Å². The molecule has 0 aliphatic rings. The van der Waals surface area contributed by atoms with E-state index in [1.54, 1.807) is 13.8 Å². The number of carbonyl (C=O) groups is 2. The number of nitrogens with one attached hydrogen (secondary N) is 2. The first-order valence-corrected chi connectivity index (χ1v) is 8.51. The van der Waals surface area contributed by atoms with Crippen molar-refractivity contribution in [3.63, 3.8) is 0 Å². The van der Waals surface area contributed by atoms with E-state index in [4.69, 9.17) is 5.11 Å². The molecule has 0 saturated carbocycles. The van der Waals surface area contributed by atoms with Gasteiger partial charge in [-0.1, -0.05) is 0 Å². The van der Waals surface area contributed by atoms with Gasteiger partial charge in [0.25, 0.3) is 0 Å². The third-order valence-electron chi connectivity index (χ3n) is 2.53. The first-order valence-electron chi connectivity index (χ1n) is 6.21. The molecule has 0 saturated heterocycles. The van der Waals surface area contributed by atoms with Crippen molar-refractivity contribution in [2.45, 2.75) is 44.7 Å². The molecule has 1 unspecified atom stereocenters. The summed E-state index contributed by atoms with van der Waals surface area (Å²) >= 11 is 0.876. The van der Waals surface area contributed by atoms with Gasteiger partial charge >= 0.3 is 5.97 Å². The third kappa shape index (κ3) is 4.51. The largest absolute Gasteiger partial charge is 0.477 e. The van der Waals surface area contributed by atoms with E-state index in [1.807, 2.05) is 0 Å². The van der Waals surface area contributed by atoms with E-state index in [9.17, 15) is 18.0 Å². The maximum atomic E-state index is 12.2. The molecule has 0 spiro atoms. The van der Waals surface area contributed by atoms with Gasteiger partial charge in [0.15, 0.2) is 0 Å². The summed E-state index contributed by atoms with van der Waals surface area (Å²) in [5.41, 5.74) is 0. The average Bonchev–Trinajstić information content (AvgIpc) is 2.70. The lowest BCUT2D eigenvalue weighted by atomic mass is 10.3. The third-order valence-corrected chi connectivity index (χ3v) is 5.36. The highest BCUT2D eigenvalue weighted by Crippen LogP contribution is 2.25. The van der Waals surface area contributed by atoms with E-state index >= 15 is 0 Å². The van der Waals surface area contributed by atoms with E-state index in [0.29, 0.717) is 4.88 Å². The van der Waals surface area contributed by atoms with Crippen LogP contribution in [0.1, 0.15) is 35.3 Å². The van der Waals surface area contributed by atoms with E-state index in [2.05, 4.69) is 10.0 Å². The number of sulfonamides is 1. The van der Waals surface area contributed by atoms with Crippen molar-refractivity contribution in [2.75, 3.05) is 0 Å². The van der Waals surface area contributed by atoms with Crippen molar-refractivity contribution in [1.29, 1.82) is 0 Å². The summed E-state index contributed by atoms with van der Waals surface area (Å²) in [6.45, 7) is 6.47. The van der Waals surface area contributed by atoms with Crippen LogP contribution in [0.2, 0.25) is 0 Å². The van der Waals surface area contributed by atoms with Gasteiger partial charge in [-0.05, 0) is 33.8 Å². The van der Waals surface area contributed by atoms with Gasteiger partial charge in [-0.25, -0.2) is 13.2 Å². The summed E-state index contributed by atoms with van der Waals surface area (Å²) in [7, 11) is -3.95. The zero-order valence-electron chi connectivity index (χ0n) is 12.1. The van der Waals surface area contributed by atoms with Crippen molar-refractivity contribution in [2.24, 2.45) is 0 Å². The fourth-order valence-corrected chi connectivity index (χ4v) is 4.23. The molecule has 118 valence electrons. The molecule has 9 heteroatoms. The van der Waals surface area contributed by atoms with Gasteiger partial charge in [-0.3, -0.25) is 4.79 Å². The van der Waals surface area contributed by atoms with Crippen molar-refractivity contribution >= 4 is 33.2 Å². The number of hydrogen-bond acceptors (Lipinski definition) is 5. The maximum absolute atomic E-state index is 12.2. The number of carboxylic acids is 1. The van der Waals surface area contributed by atoms with Gasteiger partial charge in [0.1, 0.15) is 4.88 Å². The molecule has 7 nitrogen and oxygen atoms in total. The van der Waals surface area contributed by atoms with Crippen LogP contribution in [0.5, 0.6) is 0 Å². The Morgan fingerprint density at radius 3 is 2.29 bits per heavy atom. The van der Waals surface area contributed by atoms with E-state index in [-0.39, 0.29) is 15.8 Å². The number of carboxylic acid groups (broad SMARTS) is 1. The fraction of sp³-hybridized carbons (Fsp3) is 0.500. The Morgan fingerprint density at radius 1 is 1.29 bits per heavy atom. The van der Waals surface area contributed by atoms with Crippen LogP contribution in [0.15, 0.2) is 11.0 Å². The molecule has 1 atom stereocenters. The van der Waals surface area contributed by atoms with Gasteiger partial charge < -0.3 is 10.4 Å². The molecule has 1 aromatic heterocycles. The summed E-state index contributed by atoms with van der Waals surface area (Å²) in [5, 5.41) is 11.5. The highest BCUT2D eigenvalue weighted by Gasteiger charge is 2.26. The molecule has 0 aromatic carbocycles. The highest BCUT2D eigenvalue weighted by molar-refractivity contribution is 7.89. The molecule has 0 fully saturated rings. The number of amides is 1. The predicted octanol–water partition coefficient (Wildman–Crippen LogP) is 0.946. The van der Waals surface area contributed by atoms with Crippen LogP contribution in [0.3, 0.4) is 0 Å². The van der Waals surface area contributed by atoms with Crippen molar-refractivity contribution in [3.05, 3.63) is 15.8 Å². The molecule has 0 aliphatic heterocycles. The summed E-state index contributed by atoms with van der Waals surface area (Å²) in [4.78, 5) is 22.8. The SMILES string of the molecule is Cc1sc(C(=O)O)cc1S(=O)(=O)NC(C)C(=O)NC(C)C. The second kappa shape index (κ2) is 6.54. The highest BCUT2D eigenvalue weighted by atomic mass is 32.2. The lowest BCUT2D eigenvalue weighted by Gasteiger charge is -2.16. The minimum Gasteiger partial charge on any atom is -0.477 e. The number of thiophene rings is 1. The second-order valence-corrected chi connectivity index (χ2v) is 7.78. The quantitative estimate of drug-likeness (QED) is 0.717. The average molecular weight is 334 g/mol. The van der Waals surface area contributed by atoms with Crippen molar-refractivity contribution in [3.8, 4) is 0 Å². The molecule has 0 bridgehead atoms. The van der Waals surface area contributed by atoms with E-state index < -0.39 is 27.9 Å². The Bertz CT molecular complexity index is 649. The maximum Gasteiger partial charge on any atom is 0.345 e. The Labute approximate surface area is 127 Å². The smallest absolute Gasteiger partial charge is 0.345 e. The van der Waals surface area contributed by atoms with Gasteiger partial charge in [0.05, 0.1) is 10.9 Å². The standard InChI is InChI=1S/C12H18N2O5S2/c1-6(2)13-11(15)7(3)14-21(18,19)10-5-9(12(16)17)20-8(10)4/h5-7,14H,1-4H3,(H,13,15)(H,16,17). The molecule has 0 radical (unpaired) electrons. The molecular formula is C12H18N2O5S2. The second-order valence-electron chi connectivity index (χ2n) is 4.84. The van der Waals surface area contributed by atoms with Crippen LogP contribution in [0.25, 0.3) is 0 Å². The first kappa shape index (κ1) is 17.6. The van der Waals surface area contributed by atoms with Crippen LogP contribution < -0.4 is 10.0 Å². The number of hydrogen-bond donors (Lipinski definition) is 3. The number of aryl methyl sites for hydroxylation is 1. The van der Waals surface area contributed by atoms with Crippen LogP contribution in [-0.4, -0.2) is 37.5 Å². The monoisotopic (exact) mass is 334 g/mol. The van der Waals surface area contributed by atoms with Gasteiger partial charge in [-0.15, -0.1) is 11.3 Å². The topological polar surface area (TPSA) is 113 Å². The van der Waals surface area contributed by atoms with Gasteiger partial charge in [0.2, 0.25) is 15.9 Å². The molecule has 1 amide bonds. The molecule has 0 aliphatic carbocycles. The minimum absolute atomic E-state index is 0.0628. The summed E-state index contributed by atoms with van der Waals surface area (Å²) in [5.74, 6) is -1.63. The fourth-order valence-electron chi connectivity index (χ4n) is 1.60. The van der Waals surface area contributed by atoms with Crippen LogP contribution in [-0.2, 0) is 14.8 Å². The predicted molar refractivity (Wildman–Crippen MR) is 79.1 cm³/mol. The number of aromatic carboxylic acids is 1. The van der Waals surface area contributed by atoms with E-state index in [1.165, 1.54) is 13.8 Å². The Morgan fingerprint density at radius 2 is 1.86 bits per heavy atom. The normalized spacial score (nSPS) is 13.2. The number of rotatable bonds is 6. The van der Waals surface area contributed by atoms with Gasteiger partial charge in [0, 0.05) is 10.9 Å². The molecule has 1 rings (SSSR count).